The standard InChI is InChI=1S/C13H16N2O/c1-3-9(2)15-13(16)11-5-4-10-6-7-14-12(10)8-11/h4-9,14H,3H2,1-2H3,(H,15,16). The summed E-state index contributed by atoms with van der Waals surface area (Å²) in [5, 5.41) is 4.07. The zero-order valence-corrected chi connectivity index (χ0v) is 9.58. The lowest BCUT2D eigenvalue weighted by Gasteiger charge is -2.11. The van der Waals surface area contributed by atoms with Crippen LogP contribution in [0.2, 0.25) is 0 Å². The van der Waals surface area contributed by atoms with Gasteiger partial charge in [-0.2, -0.15) is 0 Å². The minimum Gasteiger partial charge on any atom is -0.361 e. The molecule has 0 aliphatic heterocycles. The molecule has 84 valence electrons. The molecule has 0 spiro atoms. The number of aromatic nitrogens is 1. The molecule has 0 radical (unpaired) electrons. The molecule has 2 N–H and O–H groups in total. The molecule has 1 atom stereocenters. The number of carbonyl (C=O) groups excluding carboxylic acids is 1. The van der Waals surface area contributed by atoms with E-state index >= 15 is 0 Å². The molecule has 2 aromatic rings. The highest BCUT2D eigenvalue weighted by Gasteiger charge is 2.08. The van der Waals surface area contributed by atoms with Crippen molar-refractivity contribution in [3.8, 4) is 0 Å². The van der Waals surface area contributed by atoms with Gasteiger partial charge in [0.1, 0.15) is 0 Å². The van der Waals surface area contributed by atoms with Crippen molar-refractivity contribution in [2.75, 3.05) is 0 Å². The molecular formula is C13H16N2O. The van der Waals surface area contributed by atoms with Crippen LogP contribution in [0.3, 0.4) is 0 Å². The number of rotatable bonds is 3. The van der Waals surface area contributed by atoms with Crippen molar-refractivity contribution >= 4 is 16.8 Å². The average molecular weight is 216 g/mol. The summed E-state index contributed by atoms with van der Waals surface area (Å²) in [7, 11) is 0. The van der Waals surface area contributed by atoms with E-state index in [0.717, 1.165) is 17.3 Å². The Kier molecular flexibility index (Phi) is 2.95. The van der Waals surface area contributed by atoms with E-state index in [9.17, 15) is 4.79 Å². The minimum absolute atomic E-state index is 0.00847. The van der Waals surface area contributed by atoms with E-state index in [2.05, 4.69) is 17.2 Å². The maximum absolute atomic E-state index is 11.9. The molecule has 0 aliphatic rings. The first-order valence-corrected chi connectivity index (χ1v) is 5.58. The molecule has 3 heteroatoms. The highest BCUT2D eigenvalue weighted by Crippen LogP contribution is 2.14. The van der Waals surface area contributed by atoms with Crippen LogP contribution >= 0.6 is 0 Å². The lowest BCUT2D eigenvalue weighted by molar-refractivity contribution is 0.0939. The molecule has 0 saturated carbocycles. The highest BCUT2D eigenvalue weighted by molar-refractivity contribution is 5.98. The summed E-state index contributed by atoms with van der Waals surface area (Å²) < 4.78 is 0. The van der Waals surface area contributed by atoms with E-state index in [1.54, 1.807) is 0 Å². The Morgan fingerprint density at radius 3 is 3.00 bits per heavy atom. The lowest BCUT2D eigenvalue weighted by atomic mass is 10.1. The largest absolute Gasteiger partial charge is 0.361 e. The SMILES string of the molecule is CCC(C)NC(=O)c1ccc2cc[nH]c2c1. The van der Waals surface area contributed by atoms with Crippen LogP contribution < -0.4 is 5.32 Å². The zero-order valence-electron chi connectivity index (χ0n) is 9.58. The molecule has 1 unspecified atom stereocenters. The normalized spacial score (nSPS) is 12.6. The Labute approximate surface area is 94.9 Å². The van der Waals surface area contributed by atoms with Gasteiger partial charge in [0.05, 0.1) is 0 Å². The van der Waals surface area contributed by atoms with Crippen LogP contribution in [0, 0.1) is 0 Å². The van der Waals surface area contributed by atoms with Gasteiger partial charge in [-0.3, -0.25) is 4.79 Å². The van der Waals surface area contributed by atoms with Gasteiger partial charge in [-0.05, 0) is 36.9 Å². The van der Waals surface area contributed by atoms with E-state index in [1.165, 1.54) is 0 Å². The number of H-pyrrole nitrogens is 1. The van der Waals surface area contributed by atoms with Crippen molar-refractivity contribution in [2.24, 2.45) is 0 Å². The van der Waals surface area contributed by atoms with Crippen molar-refractivity contribution < 1.29 is 4.79 Å². The number of aromatic amines is 1. The van der Waals surface area contributed by atoms with Gasteiger partial charge in [-0.25, -0.2) is 0 Å². The number of fused-ring (bicyclic) bond motifs is 1. The molecule has 0 bridgehead atoms. The van der Waals surface area contributed by atoms with Gasteiger partial charge >= 0.3 is 0 Å². The first-order chi connectivity index (χ1) is 7.70. The molecule has 0 saturated heterocycles. The summed E-state index contributed by atoms with van der Waals surface area (Å²) in [6, 6.07) is 7.90. The van der Waals surface area contributed by atoms with Gasteiger partial charge in [-0.15, -0.1) is 0 Å². The molecule has 1 aromatic heterocycles. The van der Waals surface area contributed by atoms with E-state index in [-0.39, 0.29) is 11.9 Å². The smallest absolute Gasteiger partial charge is 0.251 e. The number of benzene rings is 1. The van der Waals surface area contributed by atoms with Gasteiger partial charge in [0.25, 0.3) is 5.91 Å². The molecule has 1 amide bonds. The number of carbonyl (C=O) groups is 1. The predicted molar refractivity (Wildman–Crippen MR) is 65.5 cm³/mol. The Morgan fingerprint density at radius 1 is 1.44 bits per heavy atom. The summed E-state index contributed by atoms with van der Waals surface area (Å²) in [6.45, 7) is 4.06. The maximum Gasteiger partial charge on any atom is 0.251 e. The second kappa shape index (κ2) is 4.39. The molecule has 1 heterocycles. The Bertz CT molecular complexity index is 501. The number of amides is 1. The van der Waals surface area contributed by atoms with Crippen LogP contribution in [0.1, 0.15) is 30.6 Å². The first-order valence-electron chi connectivity index (χ1n) is 5.58. The molecular weight excluding hydrogens is 200 g/mol. The van der Waals surface area contributed by atoms with Crippen LogP contribution in [-0.2, 0) is 0 Å². The molecule has 1 aromatic carbocycles. The molecule has 2 rings (SSSR count). The zero-order chi connectivity index (χ0) is 11.5. The quantitative estimate of drug-likeness (QED) is 0.814. The summed E-state index contributed by atoms with van der Waals surface area (Å²) in [6.07, 6.45) is 2.82. The highest BCUT2D eigenvalue weighted by atomic mass is 16.1. The van der Waals surface area contributed by atoms with Crippen molar-refractivity contribution in [1.29, 1.82) is 0 Å². The van der Waals surface area contributed by atoms with Gasteiger partial charge < -0.3 is 10.3 Å². The molecule has 16 heavy (non-hydrogen) atoms. The van der Waals surface area contributed by atoms with Crippen LogP contribution in [0.4, 0.5) is 0 Å². The summed E-state index contributed by atoms with van der Waals surface area (Å²) in [4.78, 5) is 15.0. The van der Waals surface area contributed by atoms with Crippen molar-refractivity contribution in [3.05, 3.63) is 36.0 Å². The second-order valence-electron chi connectivity index (χ2n) is 4.06. The molecule has 3 nitrogen and oxygen atoms in total. The third-order valence-electron chi connectivity index (χ3n) is 2.81. The maximum atomic E-state index is 11.9. The fourth-order valence-electron chi connectivity index (χ4n) is 1.60. The fourth-order valence-corrected chi connectivity index (χ4v) is 1.60. The Morgan fingerprint density at radius 2 is 2.25 bits per heavy atom. The van der Waals surface area contributed by atoms with E-state index in [0.29, 0.717) is 5.56 Å². The van der Waals surface area contributed by atoms with Crippen molar-refractivity contribution in [3.63, 3.8) is 0 Å². The topological polar surface area (TPSA) is 44.9 Å². The fraction of sp³-hybridized carbons (Fsp3) is 0.308. The van der Waals surface area contributed by atoms with Crippen molar-refractivity contribution in [1.82, 2.24) is 10.3 Å². The van der Waals surface area contributed by atoms with Crippen LogP contribution in [0.25, 0.3) is 10.9 Å². The van der Waals surface area contributed by atoms with Gasteiger partial charge in [0.2, 0.25) is 0 Å². The second-order valence-corrected chi connectivity index (χ2v) is 4.06. The summed E-state index contributed by atoms with van der Waals surface area (Å²) in [5.41, 5.74) is 1.70. The van der Waals surface area contributed by atoms with E-state index < -0.39 is 0 Å². The van der Waals surface area contributed by atoms with Crippen LogP contribution in [-0.4, -0.2) is 16.9 Å². The van der Waals surface area contributed by atoms with Crippen LogP contribution in [0.15, 0.2) is 30.5 Å². The predicted octanol–water partition coefficient (Wildman–Crippen LogP) is 2.70. The van der Waals surface area contributed by atoms with Gasteiger partial charge in [0, 0.05) is 23.3 Å². The Balaban J connectivity index is 2.22. The Hall–Kier alpha value is -1.77. The van der Waals surface area contributed by atoms with Crippen molar-refractivity contribution in [2.45, 2.75) is 26.3 Å². The number of hydrogen-bond acceptors (Lipinski definition) is 1. The van der Waals surface area contributed by atoms with Crippen LogP contribution in [0.5, 0.6) is 0 Å². The minimum atomic E-state index is -0.00847. The third-order valence-corrected chi connectivity index (χ3v) is 2.81. The molecule has 0 aliphatic carbocycles. The van der Waals surface area contributed by atoms with E-state index in [4.69, 9.17) is 0 Å². The van der Waals surface area contributed by atoms with E-state index in [1.807, 2.05) is 37.4 Å². The number of hydrogen-bond donors (Lipinski definition) is 2. The number of nitrogens with one attached hydrogen (secondary N) is 2. The summed E-state index contributed by atoms with van der Waals surface area (Å²) >= 11 is 0. The average Bonchev–Trinajstić information content (AvgIpc) is 2.75. The lowest BCUT2D eigenvalue weighted by Crippen LogP contribution is -2.31. The molecule has 0 fully saturated rings. The van der Waals surface area contributed by atoms with Gasteiger partial charge in [0.15, 0.2) is 0 Å². The summed E-state index contributed by atoms with van der Waals surface area (Å²) in [5.74, 6) is -0.00847. The van der Waals surface area contributed by atoms with Gasteiger partial charge in [-0.1, -0.05) is 13.0 Å². The monoisotopic (exact) mass is 216 g/mol. The first kappa shape index (κ1) is 10.7. The third kappa shape index (κ3) is 2.08.